The molecule has 0 spiro atoms. The summed E-state index contributed by atoms with van der Waals surface area (Å²) < 4.78 is 20.6. The van der Waals surface area contributed by atoms with Gasteiger partial charge in [0.25, 0.3) is 0 Å². The summed E-state index contributed by atoms with van der Waals surface area (Å²) in [6.45, 7) is 0. The fraction of sp³-hybridized carbons (Fsp3) is 0.241. The third-order valence-electron chi connectivity index (χ3n) is 7.02. The molecule has 2 unspecified atom stereocenters. The summed E-state index contributed by atoms with van der Waals surface area (Å²) in [5.74, 6) is -0.00817. The summed E-state index contributed by atoms with van der Waals surface area (Å²) in [4.78, 5) is 31.7. The molecule has 186 valence electrons. The first-order valence-electron chi connectivity index (χ1n) is 12.3. The van der Waals surface area contributed by atoms with Crippen LogP contribution in [0.1, 0.15) is 30.9 Å². The van der Waals surface area contributed by atoms with Crippen molar-refractivity contribution in [2.75, 3.05) is 12.0 Å². The first-order chi connectivity index (χ1) is 18.0. The maximum absolute atomic E-state index is 13.4. The van der Waals surface area contributed by atoms with Gasteiger partial charge in [-0.15, -0.1) is 0 Å². The van der Waals surface area contributed by atoms with Gasteiger partial charge in [0.1, 0.15) is 11.6 Å². The van der Waals surface area contributed by atoms with Crippen molar-refractivity contribution in [1.82, 2.24) is 9.78 Å². The Morgan fingerprint density at radius 2 is 1.86 bits per heavy atom. The van der Waals surface area contributed by atoms with Gasteiger partial charge < -0.3 is 9.64 Å². The van der Waals surface area contributed by atoms with Crippen molar-refractivity contribution in [1.29, 1.82) is 0 Å². The number of anilines is 1. The van der Waals surface area contributed by atoms with Crippen molar-refractivity contribution in [2.45, 2.75) is 25.3 Å². The molecule has 7 nitrogen and oxygen atoms in total. The molecule has 0 radical (unpaired) electrons. The van der Waals surface area contributed by atoms with Gasteiger partial charge in [-0.3, -0.25) is 9.59 Å². The van der Waals surface area contributed by atoms with E-state index in [4.69, 9.17) is 4.74 Å². The number of aliphatic imine (C=N–C) groups is 1. The smallest absolute Gasteiger partial charge is 0.248 e. The molecule has 8 heteroatoms. The van der Waals surface area contributed by atoms with Crippen LogP contribution < -0.4 is 9.64 Å². The molecular weight excluding hydrogens is 471 g/mol. The second-order valence-corrected chi connectivity index (χ2v) is 9.52. The lowest BCUT2D eigenvalue weighted by molar-refractivity contribution is -0.119. The van der Waals surface area contributed by atoms with Crippen LogP contribution in [0.3, 0.4) is 0 Å². The first-order valence-corrected chi connectivity index (χ1v) is 12.3. The van der Waals surface area contributed by atoms with Crippen molar-refractivity contribution < 1.29 is 18.7 Å². The number of rotatable bonds is 6. The van der Waals surface area contributed by atoms with Crippen LogP contribution in [0.4, 0.5) is 10.1 Å². The Kier molecular flexibility index (Phi) is 5.79. The highest BCUT2D eigenvalue weighted by Crippen LogP contribution is 2.42. The van der Waals surface area contributed by atoms with Crippen molar-refractivity contribution in [3.8, 4) is 11.4 Å². The number of hydrogen-bond donors (Lipinski definition) is 0. The van der Waals surface area contributed by atoms with Crippen LogP contribution in [0.5, 0.6) is 5.75 Å². The van der Waals surface area contributed by atoms with Gasteiger partial charge in [0.05, 0.1) is 30.6 Å². The maximum atomic E-state index is 13.4. The van der Waals surface area contributed by atoms with Crippen LogP contribution >= 0.6 is 0 Å². The number of hydrogen-bond acceptors (Lipinski definition) is 4. The number of carbonyl (C=O) groups is 2. The molecule has 0 N–H and O–H groups in total. The first kappa shape index (κ1) is 23.1. The van der Waals surface area contributed by atoms with Crippen LogP contribution in [-0.2, 0) is 9.59 Å². The zero-order valence-electron chi connectivity index (χ0n) is 20.3. The second kappa shape index (κ2) is 9.28. The lowest BCUT2D eigenvalue weighted by Gasteiger charge is -2.28. The number of halogens is 1. The topological polar surface area (TPSA) is 76.8 Å². The zero-order valence-corrected chi connectivity index (χ0v) is 20.3. The van der Waals surface area contributed by atoms with E-state index in [9.17, 15) is 14.0 Å². The Bertz CT molecular complexity index is 1520. The number of nitrogens with zero attached hydrogens (tertiary/aromatic N) is 4. The summed E-state index contributed by atoms with van der Waals surface area (Å²) in [6.07, 6.45) is 5.41. The van der Waals surface area contributed by atoms with Crippen LogP contribution in [0.25, 0.3) is 16.6 Å². The number of carbonyl (C=O) groups excluding carboxylic acids is 2. The van der Waals surface area contributed by atoms with E-state index >= 15 is 0 Å². The summed E-state index contributed by atoms with van der Waals surface area (Å²) in [5, 5.41) is 5.33. The average molecular weight is 497 g/mol. The van der Waals surface area contributed by atoms with E-state index in [-0.39, 0.29) is 41.9 Å². The van der Waals surface area contributed by atoms with Gasteiger partial charge in [0.15, 0.2) is 0 Å². The Morgan fingerprint density at radius 1 is 1.08 bits per heavy atom. The molecule has 1 aliphatic heterocycles. The summed E-state index contributed by atoms with van der Waals surface area (Å²) in [5.41, 5.74) is 3.22. The molecule has 2 fully saturated rings. The highest BCUT2D eigenvalue weighted by molar-refractivity contribution is 6.02. The highest BCUT2D eigenvalue weighted by Gasteiger charge is 2.41. The number of aromatic nitrogens is 2. The van der Waals surface area contributed by atoms with E-state index in [1.54, 1.807) is 41.2 Å². The van der Waals surface area contributed by atoms with Gasteiger partial charge in [-0.1, -0.05) is 12.1 Å². The third kappa shape index (κ3) is 4.39. The molecule has 3 aromatic carbocycles. The normalized spacial score (nSPS) is 19.7. The average Bonchev–Trinajstić information content (AvgIpc) is 3.61. The molecule has 1 aliphatic carbocycles. The van der Waals surface area contributed by atoms with E-state index in [2.05, 4.69) is 10.1 Å². The number of amides is 2. The van der Waals surface area contributed by atoms with E-state index in [1.165, 1.54) is 12.1 Å². The van der Waals surface area contributed by atoms with Gasteiger partial charge in [0.2, 0.25) is 11.8 Å². The maximum Gasteiger partial charge on any atom is 0.248 e. The summed E-state index contributed by atoms with van der Waals surface area (Å²) in [7, 11) is 1.61. The highest BCUT2D eigenvalue weighted by atomic mass is 19.1. The van der Waals surface area contributed by atoms with E-state index in [0.717, 1.165) is 40.7 Å². The third-order valence-corrected chi connectivity index (χ3v) is 7.02. The molecule has 0 bridgehead atoms. The Morgan fingerprint density at radius 3 is 2.62 bits per heavy atom. The Labute approximate surface area is 213 Å². The Hall–Kier alpha value is -4.33. The standard InChI is InChI=1S/C29H25FN4O3/c1-37-25-4-2-3-19(14-25)28-21(16-31-29(36)18-5-6-18)15-27(35)33(28)24-11-12-26-20(13-24)17-32-34(26)23-9-7-22(30)8-10-23/h2-4,7-14,16-18,21,28H,5-6,15H2,1H3/b31-16+. The molecule has 1 saturated carbocycles. The van der Waals surface area contributed by atoms with Gasteiger partial charge in [-0.2, -0.15) is 5.10 Å². The summed E-state index contributed by atoms with van der Waals surface area (Å²) in [6, 6.07) is 19.2. The minimum atomic E-state index is -0.344. The molecular formula is C29H25FN4O3. The predicted molar refractivity (Wildman–Crippen MR) is 139 cm³/mol. The van der Waals surface area contributed by atoms with Gasteiger partial charge >= 0.3 is 0 Å². The monoisotopic (exact) mass is 496 g/mol. The SMILES string of the molecule is COc1cccc(C2C(/C=N/C(=O)C3CC3)CC(=O)N2c2ccc3c(cnn3-c3ccc(F)cc3)c2)c1. The molecule has 37 heavy (non-hydrogen) atoms. The minimum absolute atomic E-state index is 0.0276. The van der Waals surface area contributed by atoms with Gasteiger partial charge in [0, 0.05) is 35.5 Å². The van der Waals surface area contributed by atoms with Crippen molar-refractivity contribution >= 4 is 34.6 Å². The summed E-state index contributed by atoms with van der Waals surface area (Å²) >= 11 is 0. The molecule has 1 saturated heterocycles. The minimum Gasteiger partial charge on any atom is -0.497 e. The molecule has 2 amide bonds. The number of benzene rings is 3. The van der Waals surface area contributed by atoms with Gasteiger partial charge in [-0.25, -0.2) is 14.1 Å². The molecule has 2 heterocycles. The van der Waals surface area contributed by atoms with Crippen LogP contribution in [0.2, 0.25) is 0 Å². The lowest BCUT2D eigenvalue weighted by Crippen LogP contribution is -2.29. The fourth-order valence-corrected chi connectivity index (χ4v) is 4.98. The van der Waals surface area contributed by atoms with Crippen LogP contribution in [0, 0.1) is 17.7 Å². The second-order valence-electron chi connectivity index (χ2n) is 9.52. The van der Waals surface area contributed by atoms with Crippen molar-refractivity contribution in [3.05, 3.63) is 84.3 Å². The molecule has 2 atom stereocenters. The number of methoxy groups -OCH3 is 1. The quantitative estimate of drug-likeness (QED) is 0.341. The predicted octanol–water partition coefficient (Wildman–Crippen LogP) is 5.27. The van der Waals surface area contributed by atoms with E-state index < -0.39 is 0 Å². The Balaban J connectivity index is 1.39. The van der Waals surface area contributed by atoms with E-state index in [1.807, 2.05) is 42.5 Å². The number of fused-ring (bicyclic) bond motifs is 1. The fourth-order valence-electron chi connectivity index (χ4n) is 4.98. The lowest BCUT2D eigenvalue weighted by atomic mass is 9.94. The van der Waals surface area contributed by atoms with Gasteiger partial charge in [-0.05, 0) is 73.0 Å². The molecule has 1 aromatic heterocycles. The van der Waals surface area contributed by atoms with Crippen LogP contribution in [0.15, 0.2) is 77.9 Å². The van der Waals surface area contributed by atoms with Crippen molar-refractivity contribution in [2.24, 2.45) is 16.8 Å². The largest absolute Gasteiger partial charge is 0.497 e. The number of ether oxygens (including phenoxy) is 1. The molecule has 6 rings (SSSR count). The molecule has 4 aromatic rings. The zero-order chi connectivity index (χ0) is 25.5. The van der Waals surface area contributed by atoms with Crippen LogP contribution in [-0.4, -0.2) is 34.9 Å². The van der Waals surface area contributed by atoms with Crippen molar-refractivity contribution in [3.63, 3.8) is 0 Å². The molecule has 2 aliphatic rings. The van der Waals surface area contributed by atoms with E-state index in [0.29, 0.717) is 5.75 Å².